The Bertz CT molecular complexity index is 718. The van der Waals surface area contributed by atoms with E-state index < -0.39 is 18.0 Å². The maximum absolute atomic E-state index is 13.1. The van der Waals surface area contributed by atoms with Gasteiger partial charge in [-0.15, -0.1) is 0 Å². The molecule has 0 radical (unpaired) electrons. The molecule has 1 aliphatic heterocycles. The SMILES string of the molecule is Fc1ccc(C2NCCOC2OCCc2cccc(C(F)(F)F)c2)cc1. The summed E-state index contributed by atoms with van der Waals surface area (Å²) in [5, 5.41) is 3.26. The number of morpholine rings is 1. The minimum Gasteiger partial charge on any atom is -0.350 e. The van der Waals surface area contributed by atoms with Crippen molar-refractivity contribution >= 4 is 0 Å². The lowest BCUT2D eigenvalue weighted by Crippen LogP contribution is -2.43. The molecule has 26 heavy (non-hydrogen) atoms. The molecule has 0 amide bonds. The third kappa shape index (κ3) is 4.81. The molecule has 140 valence electrons. The van der Waals surface area contributed by atoms with Crippen LogP contribution < -0.4 is 5.32 Å². The van der Waals surface area contributed by atoms with E-state index in [1.807, 2.05) is 0 Å². The number of alkyl halides is 3. The molecule has 0 spiro atoms. The van der Waals surface area contributed by atoms with Crippen molar-refractivity contribution in [2.75, 3.05) is 19.8 Å². The largest absolute Gasteiger partial charge is 0.416 e. The van der Waals surface area contributed by atoms with Crippen molar-refractivity contribution in [1.82, 2.24) is 5.32 Å². The summed E-state index contributed by atoms with van der Waals surface area (Å²) in [5.41, 5.74) is 0.701. The normalized spacial score (nSPS) is 20.9. The second-order valence-corrected chi connectivity index (χ2v) is 6.04. The molecule has 1 saturated heterocycles. The lowest BCUT2D eigenvalue weighted by Gasteiger charge is -2.33. The van der Waals surface area contributed by atoms with Crippen LogP contribution in [0.5, 0.6) is 0 Å². The average Bonchev–Trinajstić information content (AvgIpc) is 2.62. The van der Waals surface area contributed by atoms with Crippen molar-refractivity contribution in [3.05, 3.63) is 71.0 Å². The van der Waals surface area contributed by atoms with Gasteiger partial charge in [0.1, 0.15) is 5.82 Å². The van der Waals surface area contributed by atoms with Crippen molar-refractivity contribution in [1.29, 1.82) is 0 Å². The number of halogens is 4. The first-order chi connectivity index (χ1) is 12.4. The van der Waals surface area contributed by atoms with E-state index in [4.69, 9.17) is 9.47 Å². The molecule has 0 aromatic heterocycles. The van der Waals surface area contributed by atoms with E-state index in [0.717, 1.165) is 17.7 Å². The fraction of sp³-hybridized carbons (Fsp3) is 0.368. The van der Waals surface area contributed by atoms with Crippen LogP contribution in [0.3, 0.4) is 0 Å². The maximum Gasteiger partial charge on any atom is 0.416 e. The van der Waals surface area contributed by atoms with E-state index in [1.165, 1.54) is 18.2 Å². The first-order valence-electron chi connectivity index (χ1n) is 8.32. The van der Waals surface area contributed by atoms with Crippen LogP contribution in [-0.4, -0.2) is 26.0 Å². The van der Waals surface area contributed by atoms with Crippen LogP contribution in [0.1, 0.15) is 22.7 Å². The summed E-state index contributed by atoms with van der Waals surface area (Å²) in [6, 6.07) is 11.0. The van der Waals surface area contributed by atoms with E-state index in [0.29, 0.717) is 25.1 Å². The molecule has 2 aromatic carbocycles. The molecular weight excluding hydrogens is 350 g/mol. The van der Waals surface area contributed by atoms with E-state index in [2.05, 4.69) is 5.32 Å². The fourth-order valence-electron chi connectivity index (χ4n) is 2.87. The van der Waals surface area contributed by atoms with Crippen LogP contribution >= 0.6 is 0 Å². The highest BCUT2D eigenvalue weighted by Gasteiger charge is 2.30. The number of hydrogen-bond donors (Lipinski definition) is 1. The topological polar surface area (TPSA) is 30.5 Å². The van der Waals surface area contributed by atoms with Crippen molar-refractivity contribution < 1.29 is 27.0 Å². The second-order valence-electron chi connectivity index (χ2n) is 6.04. The molecule has 1 N–H and O–H groups in total. The number of rotatable bonds is 5. The highest BCUT2D eigenvalue weighted by Crippen LogP contribution is 2.30. The van der Waals surface area contributed by atoms with Crippen LogP contribution in [0.25, 0.3) is 0 Å². The molecule has 2 aromatic rings. The second kappa shape index (κ2) is 8.16. The molecule has 7 heteroatoms. The highest BCUT2D eigenvalue weighted by atomic mass is 19.4. The van der Waals surface area contributed by atoms with E-state index in [1.54, 1.807) is 18.2 Å². The minimum atomic E-state index is -4.36. The lowest BCUT2D eigenvalue weighted by molar-refractivity contribution is -0.176. The summed E-state index contributed by atoms with van der Waals surface area (Å²) >= 11 is 0. The van der Waals surface area contributed by atoms with Crippen molar-refractivity contribution in [2.24, 2.45) is 0 Å². The number of benzene rings is 2. The Hall–Kier alpha value is -1.96. The Labute approximate surface area is 148 Å². The molecule has 1 fully saturated rings. The monoisotopic (exact) mass is 369 g/mol. The van der Waals surface area contributed by atoms with E-state index in [9.17, 15) is 17.6 Å². The molecule has 0 bridgehead atoms. The van der Waals surface area contributed by atoms with Crippen molar-refractivity contribution in [3.63, 3.8) is 0 Å². The number of ether oxygens (including phenoxy) is 2. The Kier molecular flexibility index (Phi) is 5.90. The third-order valence-corrected chi connectivity index (χ3v) is 4.18. The van der Waals surface area contributed by atoms with Crippen LogP contribution in [0.2, 0.25) is 0 Å². The van der Waals surface area contributed by atoms with Gasteiger partial charge in [-0.05, 0) is 35.7 Å². The molecular formula is C19H19F4NO2. The summed E-state index contributed by atoms with van der Waals surface area (Å²) in [6.45, 7) is 1.31. The molecule has 1 heterocycles. The Balaban J connectivity index is 1.60. The fourth-order valence-corrected chi connectivity index (χ4v) is 2.87. The Morgan fingerprint density at radius 3 is 2.62 bits per heavy atom. The molecule has 0 aliphatic carbocycles. The lowest BCUT2D eigenvalue weighted by atomic mass is 10.1. The summed E-state index contributed by atoms with van der Waals surface area (Å²) in [7, 11) is 0. The first kappa shape index (κ1) is 18.8. The summed E-state index contributed by atoms with van der Waals surface area (Å²) in [6.07, 6.45) is -4.61. The van der Waals surface area contributed by atoms with E-state index >= 15 is 0 Å². The predicted octanol–water partition coefficient (Wildman–Crippen LogP) is 4.09. The average molecular weight is 369 g/mol. The van der Waals surface area contributed by atoms with Gasteiger partial charge in [-0.3, -0.25) is 0 Å². The summed E-state index contributed by atoms with van der Waals surface area (Å²) in [5.74, 6) is -0.326. The third-order valence-electron chi connectivity index (χ3n) is 4.18. The van der Waals surface area contributed by atoms with Gasteiger partial charge in [0.25, 0.3) is 0 Å². The zero-order valence-electron chi connectivity index (χ0n) is 13.9. The van der Waals surface area contributed by atoms with Gasteiger partial charge in [-0.2, -0.15) is 13.2 Å². The van der Waals surface area contributed by atoms with Gasteiger partial charge < -0.3 is 14.8 Å². The predicted molar refractivity (Wildman–Crippen MR) is 88.0 cm³/mol. The Morgan fingerprint density at radius 2 is 1.88 bits per heavy atom. The van der Waals surface area contributed by atoms with Gasteiger partial charge in [0.05, 0.1) is 24.8 Å². The molecule has 3 nitrogen and oxygen atoms in total. The van der Waals surface area contributed by atoms with Gasteiger partial charge in [0.2, 0.25) is 0 Å². The van der Waals surface area contributed by atoms with Crippen LogP contribution in [0.4, 0.5) is 17.6 Å². The van der Waals surface area contributed by atoms with Gasteiger partial charge in [0.15, 0.2) is 6.29 Å². The molecule has 1 aliphatic rings. The molecule has 0 saturated carbocycles. The number of nitrogens with one attached hydrogen (secondary N) is 1. The number of hydrogen-bond acceptors (Lipinski definition) is 3. The molecule has 2 unspecified atom stereocenters. The van der Waals surface area contributed by atoms with Crippen molar-refractivity contribution in [2.45, 2.75) is 24.9 Å². The zero-order chi connectivity index (χ0) is 18.6. The summed E-state index contributed by atoms with van der Waals surface area (Å²) in [4.78, 5) is 0. The maximum atomic E-state index is 13.1. The van der Waals surface area contributed by atoms with Gasteiger partial charge in [-0.1, -0.05) is 30.3 Å². The minimum absolute atomic E-state index is 0.214. The van der Waals surface area contributed by atoms with Crippen LogP contribution in [-0.2, 0) is 22.1 Å². The smallest absolute Gasteiger partial charge is 0.350 e. The molecule has 3 rings (SSSR count). The standard InChI is InChI=1S/C19H19F4NO2/c20-16-6-4-14(5-7-16)17-18(26-11-9-24-17)25-10-8-13-2-1-3-15(12-13)19(21,22)23/h1-7,12,17-18,24H,8-11H2. The first-order valence-corrected chi connectivity index (χ1v) is 8.32. The quantitative estimate of drug-likeness (QED) is 0.806. The highest BCUT2D eigenvalue weighted by molar-refractivity contribution is 5.26. The Morgan fingerprint density at radius 1 is 1.12 bits per heavy atom. The zero-order valence-corrected chi connectivity index (χ0v) is 13.9. The van der Waals surface area contributed by atoms with E-state index in [-0.39, 0.29) is 18.5 Å². The summed E-state index contributed by atoms with van der Waals surface area (Å²) < 4.78 is 62.8. The van der Waals surface area contributed by atoms with Gasteiger partial charge >= 0.3 is 6.18 Å². The molecule has 2 atom stereocenters. The van der Waals surface area contributed by atoms with Gasteiger partial charge in [0, 0.05) is 6.54 Å². The van der Waals surface area contributed by atoms with Crippen LogP contribution in [0.15, 0.2) is 48.5 Å². The van der Waals surface area contributed by atoms with Crippen molar-refractivity contribution in [3.8, 4) is 0 Å². The van der Waals surface area contributed by atoms with Crippen LogP contribution in [0, 0.1) is 5.82 Å². The van der Waals surface area contributed by atoms with Gasteiger partial charge in [-0.25, -0.2) is 4.39 Å².